The van der Waals surface area contributed by atoms with Crippen LogP contribution >= 0.6 is 8.52 Å². The van der Waals surface area contributed by atoms with E-state index < -0.39 is 20.3 Å². The van der Waals surface area contributed by atoms with Gasteiger partial charge in [-0.15, -0.1) is 0 Å². The molecule has 0 fully saturated rings. The predicted molar refractivity (Wildman–Crippen MR) is 80.6 cm³/mol. The quantitative estimate of drug-likeness (QED) is 0.662. The number of rotatable bonds is 4. The molecule has 0 unspecified atom stereocenters. The van der Waals surface area contributed by atoms with Gasteiger partial charge in [0.05, 0.1) is 0 Å². The first kappa shape index (κ1) is 13.1. The predicted octanol–water partition coefficient (Wildman–Crippen LogP) is 2.93. The van der Waals surface area contributed by atoms with E-state index in [1.807, 2.05) is 0 Å². The number of benzene rings is 2. The van der Waals surface area contributed by atoms with Gasteiger partial charge in [-0.2, -0.15) is 0 Å². The zero-order valence-corrected chi connectivity index (χ0v) is 14.5. The van der Waals surface area contributed by atoms with Gasteiger partial charge < -0.3 is 0 Å². The first-order valence-electron chi connectivity index (χ1n) is 5.84. The zero-order chi connectivity index (χ0) is 12.1. The molecule has 0 N–H and O–H groups in total. The molecule has 0 heterocycles. The van der Waals surface area contributed by atoms with Gasteiger partial charge in [-0.1, -0.05) is 0 Å². The van der Waals surface area contributed by atoms with Gasteiger partial charge in [-0.3, -0.25) is 0 Å². The summed E-state index contributed by atoms with van der Waals surface area (Å²) in [7, 11) is 2.21. The Bertz CT molecular complexity index is 399. The monoisotopic (exact) mass is 438 g/mol. The van der Waals surface area contributed by atoms with Crippen molar-refractivity contribution in [2.24, 2.45) is 0 Å². The second-order valence-corrected chi connectivity index (χ2v) is 17.2. The molecule has 0 amide bonds. The second kappa shape index (κ2) is 6.56. The average Bonchev–Trinajstić information content (AvgIpc) is 2.38. The summed E-state index contributed by atoms with van der Waals surface area (Å²) in [6.07, 6.45) is 0. The van der Waals surface area contributed by atoms with Crippen LogP contribution in [0.4, 0.5) is 0 Å². The molecule has 0 atom stereocenters. The van der Waals surface area contributed by atoms with Crippen LogP contribution in [0.3, 0.4) is 0 Å². The SMILES string of the molecule is CC(C)[S][Bi]([c]1ccccc1)[c]1ccccc1. The summed E-state index contributed by atoms with van der Waals surface area (Å²) < 4.78 is 3.18. The van der Waals surface area contributed by atoms with E-state index in [9.17, 15) is 0 Å². The van der Waals surface area contributed by atoms with E-state index in [2.05, 4.69) is 83.0 Å². The molecule has 0 aromatic heterocycles. The van der Waals surface area contributed by atoms with Crippen molar-refractivity contribution in [2.75, 3.05) is 0 Å². The Hall–Kier alpha value is -0.327. The standard InChI is InChI=1S/2C6H5.C3H8S.Bi/c2*1-2-4-6-5-3-1;1-3(2)4;/h2*1-5H;3-4H,1-2H3;/q;;;+1/p-1. The normalized spacial score (nSPS) is 11.1. The minimum atomic E-state index is -1.81. The van der Waals surface area contributed by atoms with Crippen LogP contribution in [0.25, 0.3) is 0 Å². The number of hydrogen-bond acceptors (Lipinski definition) is 1. The van der Waals surface area contributed by atoms with E-state index >= 15 is 0 Å². The Morgan fingerprint density at radius 2 is 1.18 bits per heavy atom. The summed E-state index contributed by atoms with van der Waals surface area (Å²) in [4.78, 5) is 0. The van der Waals surface area contributed by atoms with Gasteiger partial charge in [0, 0.05) is 0 Å². The van der Waals surface area contributed by atoms with Crippen molar-refractivity contribution in [2.45, 2.75) is 19.1 Å². The third kappa shape index (κ3) is 3.83. The summed E-state index contributed by atoms with van der Waals surface area (Å²) >= 11 is -1.81. The van der Waals surface area contributed by atoms with Gasteiger partial charge in [0.15, 0.2) is 0 Å². The van der Waals surface area contributed by atoms with Crippen molar-refractivity contribution in [3.05, 3.63) is 60.7 Å². The second-order valence-electron chi connectivity index (χ2n) is 4.12. The van der Waals surface area contributed by atoms with Gasteiger partial charge in [0.1, 0.15) is 0 Å². The molecule has 2 aromatic rings. The molecule has 0 bridgehead atoms. The van der Waals surface area contributed by atoms with E-state index in [1.54, 1.807) is 6.54 Å². The molecular formula is C15H17BiS. The molecule has 0 saturated carbocycles. The van der Waals surface area contributed by atoms with Gasteiger partial charge in [0.25, 0.3) is 0 Å². The fourth-order valence-electron chi connectivity index (χ4n) is 1.61. The Morgan fingerprint density at radius 1 is 0.765 bits per heavy atom. The molecule has 0 spiro atoms. The Morgan fingerprint density at radius 3 is 1.53 bits per heavy atom. The fourth-order valence-corrected chi connectivity index (χ4v) is 16.8. The van der Waals surface area contributed by atoms with Crippen molar-refractivity contribution in [3.63, 3.8) is 0 Å². The molecule has 2 heteroatoms. The van der Waals surface area contributed by atoms with Gasteiger partial charge in [-0.05, 0) is 0 Å². The summed E-state index contributed by atoms with van der Waals surface area (Å²) in [6.45, 7) is 4.61. The Labute approximate surface area is 114 Å². The van der Waals surface area contributed by atoms with Gasteiger partial charge in [0.2, 0.25) is 0 Å². The third-order valence-corrected chi connectivity index (χ3v) is 20.0. The van der Waals surface area contributed by atoms with Crippen molar-refractivity contribution in [3.8, 4) is 0 Å². The van der Waals surface area contributed by atoms with Crippen molar-refractivity contribution >= 4 is 35.3 Å². The van der Waals surface area contributed by atoms with Crippen molar-refractivity contribution in [1.29, 1.82) is 0 Å². The molecule has 2 aromatic carbocycles. The van der Waals surface area contributed by atoms with Gasteiger partial charge >= 0.3 is 115 Å². The maximum absolute atomic E-state index is 2.31. The molecule has 0 radical (unpaired) electrons. The van der Waals surface area contributed by atoms with Crippen LogP contribution in [-0.4, -0.2) is 25.5 Å². The number of hydrogen-bond donors (Lipinski definition) is 0. The molecule has 0 nitrogen and oxygen atoms in total. The molecular weight excluding hydrogens is 421 g/mol. The zero-order valence-electron chi connectivity index (χ0n) is 10.2. The van der Waals surface area contributed by atoms with E-state index in [0.717, 1.165) is 0 Å². The molecule has 17 heavy (non-hydrogen) atoms. The summed E-state index contributed by atoms with van der Waals surface area (Å²) in [6, 6.07) is 22.1. The van der Waals surface area contributed by atoms with Crippen LogP contribution in [-0.2, 0) is 0 Å². The van der Waals surface area contributed by atoms with Crippen molar-refractivity contribution in [1.82, 2.24) is 0 Å². The molecule has 0 saturated heterocycles. The summed E-state index contributed by atoms with van der Waals surface area (Å²) in [5.41, 5.74) is 0. The Balaban J connectivity index is 2.32. The average molecular weight is 438 g/mol. The summed E-state index contributed by atoms with van der Waals surface area (Å²) in [5.74, 6) is 0. The third-order valence-electron chi connectivity index (χ3n) is 2.30. The van der Waals surface area contributed by atoms with E-state index in [4.69, 9.17) is 0 Å². The molecule has 2 rings (SSSR count). The molecule has 88 valence electrons. The fraction of sp³-hybridized carbons (Fsp3) is 0.200. The van der Waals surface area contributed by atoms with Gasteiger partial charge in [-0.25, -0.2) is 0 Å². The van der Waals surface area contributed by atoms with Crippen molar-refractivity contribution < 1.29 is 0 Å². The van der Waals surface area contributed by atoms with Crippen LogP contribution in [0.2, 0.25) is 0 Å². The van der Waals surface area contributed by atoms with Crippen LogP contribution in [0.5, 0.6) is 0 Å². The van der Waals surface area contributed by atoms with Crippen LogP contribution in [0, 0.1) is 0 Å². The summed E-state index contributed by atoms with van der Waals surface area (Å²) in [5, 5.41) is 0.716. The van der Waals surface area contributed by atoms with E-state index in [1.165, 1.54) is 0 Å². The van der Waals surface area contributed by atoms with Crippen LogP contribution < -0.4 is 6.54 Å². The first-order valence-corrected chi connectivity index (χ1v) is 14.4. The topological polar surface area (TPSA) is 0 Å². The Kier molecular flexibility index (Phi) is 5.06. The minimum absolute atomic E-state index is 0.716. The van der Waals surface area contributed by atoms with Crippen LogP contribution in [0.15, 0.2) is 60.7 Å². The molecule has 0 aliphatic heterocycles. The first-order chi connectivity index (χ1) is 8.27. The van der Waals surface area contributed by atoms with Crippen LogP contribution in [0.1, 0.15) is 13.8 Å². The van der Waals surface area contributed by atoms with E-state index in [0.29, 0.717) is 5.25 Å². The molecule has 0 aliphatic rings. The molecule has 0 aliphatic carbocycles. The van der Waals surface area contributed by atoms with E-state index in [-0.39, 0.29) is 0 Å². The maximum atomic E-state index is 2.31.